The minimum atomic E-state index is -0.303. The van der Waals surface area contributed by atoms with Gasteiger partial charge in [0.25, 0.3) is 0 Å². The summed E-state index contributed by atoms with van der Waals surface area (Å²) in [6.07, 6.45) is 4.31. The van der Waals surface area contributed by atoms with E-state index in [2.05, 4.69) is 15.5 Å². The molecule has 2 aromatic carbocycles. The fourth-order valence-electron chi connectivity index (χ4n) is 3.84. The van der Waals surface area contributed by atoms with Crippen molar-refractivity contribution >= 4 is 23.2 Å². The van der Waals surface area contributed by atoms with Crippen LogP contribution in [0.15, 0.2) is 48.5 Å². The summed E-state index contributed by atoms with van der Waals surface area (Å²) in [5.41, 5.74) is 2.77. The van der Waals surface area contributed by atoms with E-state index in [9.17, 15) is 14.0 Å². The van der Waals surface area contributed by atoms with Gasteiger partial charge in [-0.2, -0.15) is 0 Å². The number of rotatable bonds is 6. The van der Waals surface area contributed by atoms with Crippen LogP contribution < -0.4 is 15.5 Å². The number of nitrogens with one attached hydrogen (secondary N) is 2. The van der Waals surface area contributed by atoms with Gasteiger partial charge in [0.05, 0.1) is 11.8 Å². The SMILES string of the molecule is O=C(NCc1ccc(F)cc1)C1CC1C(=O)Nc1ccc(N2CCCCC2)cc1. The molecular formula is C23H26FN3O2. The average molecular weight is 395 g/mol. The second kappa shape index (κ2) is 8.64. The summed E-state index contributed by atoms with van der Waals surface area (Å²) in [5, 5.41) is 5.75. The summed E-state index contributed by atoms with van der Waals surface area (Å²) >= 11 is 0. The first kappa shape index (κ1) is 19.4. The van der Waals surface area contributed by atoms with Crippen LogP contribution in [0.1, 0.15) is 31.2 Å². The lowest BCUT2D eigenvalue weighted by atomic mass is 10.1. The third kappa shape index (κ3) is 4.94. The number of nitrogens with zero attached hydrogens (tertiary/aromatic N) is 1. The summed E-state index contributed by atoms with van der Waals surface area (Å²) in [6, 6.07) is 13.9. The molecule has 2 aromatic rings. The minimum Gasteiger partial charge on any atom is -0.372 e. The van der Waals surface area contributed by atoms with Crippen LogP contribution in [0.4, 0.5) is 15.8 Å². The lowest BCUT2D eigenvalue weighted by Crippen LogP contribution is -2.29. The van der Waals surface area contributed by atoms with Crippen molar-refractivity contribution in [3.05, 3.63) is 59.9 Å². The van der Waals surface area contributed by atoms with Crippen molar-refractivity contribution in [2.45, 2.75) is 32.2 Å². The lowest BCUT2D eigenvalue weighted by Gasteiger charge is -2.28. The Morgan fingerprint density at radius 3 is 2.24 bits per heavy atom. The standard InChI is InChI=1S/C23H26FN3O2/c24-17-6-4-16(5-7-17)15-25-22(28)20-14-21(20)23(29)26-18-8-10-19(11-9-18)27-12-2-1-3-13-27/h4-11,20-21H,1-3,12-15H2,(H,25,28)(H,26,29). The second-order valence-corrected chi connectivity index (χ2v) is 7.88. The van der Waals surface area contributed by atoms with Crippen LogP contribution >= 0.6 is 0 Å². The molecule has 6 heteroatoms. The number of carbonyl (C=O) groups is 2. The molecule has 1 aliphatic carbocycles. The van der Waals surface area contributed by atoms with Gasteiger partial charge in [-0.3, -0.25) is 9.59 Å². The molecule has 2 unspecified atom stereocenters. The first-order chi connectivity index (χ1) is 14.1. The number of hydrogen-bond donors (Lipinski definition) is 2. The molecule has 29 heavy (non-hydrogen) atoms. The number of carbonyl (C=O) groups excluding carboxylic acids is 2. The van der Waals surface area contributed by atoms with Crippen LogP contribution in [-0.2, 0) is 16.1 Å². The number of halogens is 1. The quantitative estimate of drug-likeness (QED) is 0.784. The van der Waals surface area contributed by atoms with Gasteiger partial charge in [-0.15, -0.1) is 0 Å². The maximum absolute atomic E-state index is 12.9. The van der Waals surface area contributed by atoms with Gasteiger partial charge in [0, 0.05) is 31.0 Å². The molecule has 1 saturated heterocycles. The summed E-state index contributed by atoms with van der Waals surface area (Å²) < 4.78 is 12.9. The number of benzene rings is 2. The van der Waals surface area contributed by atoms with Crippen molar-refractivity contribution in [3.8, 4) is 0 Å². The maximum Gasteiger partial charge on any atom is 0.228 e. The second-order valence-electron chi connectivity index (χ2n) is 7.88. The lowest BCUT2D eigenvalue weighted by molar-refractivity contribution is -0.125. The number of amides is 2. The van der Waals surface area contributed by atoms with Crippen LogP contribution in [0, 0.1) is 17.7 Å². The van der Waals surface area contributed by atoms with Gasteiger partial charge in [0.1, 0.15) is 5.82 Å². The predicted octanol–water partition coefficient (Wildman–Crippen LogP) is 3.71. The molecule has 4 rings (SSSR count). The van der Waals surface area contributed by atoms with Crippen molar-refractivity contribution < 1.29 is 14.0 Å². The average Bonchev–Trinajstić information content (AvgIpc) is 3.56. The molecule has 2 N–H and O–H groups in total. The van der Waals surface area contributed by atoms with Crippen molar-refractivity contribution in [1.82, 2.24) is 5.32 Å². The summed E-state index contributed by atoms with van der Waals surface area (Å²) in [5.74, 6) is -1.12. The zero-order valence-electron chi connectivity index (χ0n) is 16.4. The van der Waals surface area contributed by atoms with E-state index in [-0.39, 0.29) is 29.5 Å². The van der Waals surface area contributed by atoms with Gasteiger partial charge in [-0.05, 0) is 67.6 Å². The molecule has 0 aromatic heterocycles. The Morgan fingerprint density at radius 2 is 1.55 bits per heavy atom. The van der Waals surface area contributed by atoms with E-state index >= 15 is 0 Å². The molecule has 2 fully saturated rings. The van der Waals surface area contributed by atoms with Crippen LogP contribution in [0.2, 0.25) is 0 Å². The molecule has 2 amide bonds. The molecule has 2 atom stereocenters. The first-order valence-electron chi connectivity index (χ1n) is 10.3. The molecular weight excluding hydrogens is 369 g/mol. The van der Waals surface area contributed by atoms with Crippen molar-refractivity contribution in [2.75, 3.05) is 23.3 Å². The smallest absolute Gasteiger partial charge is 0.228 e. The summed E-state index contributed by atoms with van der Waals surface area (Å²) in [7, 11) is 0. The van der Waals surface area contributed by atoms with Gasteiger partial charge in [-0.25, -0.2) is 4.39 Å². The zero-order chi connectivity index (χ0) is 20.2. The van der Waals surface area contributed by atoms with E-state index in [1.54, 1.807) is 12.1 Å². The highest BCUT2D eigenvalue weighted by Crippen LogP contribution is 2.39. The van der Waals surface area contributed by atoms with Crippen LogP contribution in [0.3, 0.4) is 0 Å². The highest BCUT2D eigenvalue weighted by Gasteiger charge is 2.47. The Morgan fingerprint density at radius 1 is 0.897 bits per heavy atom. The van der Waals surface area contributed by atoms with E-state index in [1.165, 1.54) is 37.1 Å². The molecule has 0 radical (unpaired) electrons. The Labute approximate surface area is 170 Å². The Kier molecular flexibility index (Phi) is 5.79. The largest absolute Gasteiger partial charge is 0.372 e. The van der Waals surface area contributed by atoms with Crippen LogP contribution in [-0.4, -0.2) is 24.9 Å². The molecule has 1 saturated carbocycles. The summed E-state index contributed by atoms with van der Waals surface area (Å²) in [6.45, 7) is 2.51. The predicted molar refractivity (Wildman–Crippen MR) is 111 cm³/mol. The molecule has 152 valence electrons. The maximum atomic E-state index is 12.9. The Hall–Kier alpha value is -2.89. The van der Waals surface area contributed by atoms with Crippen molar-refractivity contribution in [2.24, 2.45) is 11.8 Å². The normalized spacial score (nSPS) is 20.8. The molecule has 0 spiro atoms. The number of hydrogen-bond acceptors (Lipinski definition) is 3. The Balaban J connectivity index is 1.24. The highest BCUT2D eigenvalue weighted by atomic mass is 19.1. The number of anilines is 2. The molecule has 1 aliphatic heterocycles. The third-order valence-corrected chi connectivity index (χ3v) is 5.70. The fraction of sp³-hybridized carbons (Fsp3) is 0.391. The van der Waals surface area contributed by atoms with E-state index < -0.39 is 0 Å². The topological polar surface area (TPSA) is 61.4 Å². The van der Waals surface area contributed by atoms with E-state index in [0.29, 0.717) is 13.0 Å². The highest BCUT2D eigenvalue weighted by molar-refractivity contribution is 5.99. The molecule has 2 aliphatic rings. The van der Waals surface area contributed by atoms with E-state index in [0.717, 1.165) is 24.3 Å². The van der Waals surface area contributed by atoms with Crippen molar-refractivity contribution in [1.29, 1.82) is 0 Å². The number of piperidine rings is 1. The monoisotopic (exact) mass is 395 g/mol. The molecule has 0 bridgehead atoms. The van der Waals surface area contributed by atoms with Gasteiger partial charge in [0.2, 0.25) is 11.8 Å². The first-order valence-corrected chi connectivity index (χ1v) is 10.3. The van der Waals surface area contributed by atoms with Crippen molar-refractivity contribution in [3.63, 3.8) is 0 Å². The van der Waals surface area contributed by atoms with Crippen LogP contribution in [0.25, 0.3) is 0 Å². The molecule has 1 heterocycles. The van der Waals surface area contributed by atoms with E-state index in [4.69, 9.17) is 0 Å². The van der Waals surface area contributed by atoms with Gasteiger partial charge in [0.15, 0.2) is 0 Å². The van der Waals surface area contributed by atoms with Gasteiger partial charge >= 0.3 is 0 Å². The minimum absolute atomic E-state index is 0.113. The fourth-order valence-corrected chi connectivity index (χ4v) is 3.84. The summed E-state index contributed by atoms with van der Waals surface area (Å²) in [4.78, 5) is 27.1. The Bertz CT molecular complexity index is 861. The van der Waals surface area contributed by atoms with Gasteiger partial charge < -0.3 is 15.5 Å². The van der Waals surface area contributed by atoms with Crippen LogP contribution in [0.5, 0.6) is 0 Å². The van der Waals surface area contributed by atoms with E-state index in [1.807, 2.05) is 24.3 Å². The third-order valence-electron chi connectivity index (χ3n) is 5.70. The zero-order valence-corrected chi connectivity index (χ0v) is 16.4. The molecule has 5 nitrogen and oxygen atoms in total. The van der Waals surface area contributed by atoms with Gasteiger partial charge in [-0.1, -0.05) is 12.1 Å².